The van der Waals surface area contributed by atoms with Gasteiger partial charge in [0.15, 0.2) is 0 Å². The summed E-state index contributed by atoms with van der Waals surface area (Å²) in [5.41, 5.74) is 14.2. The summed E-state index contributed by atoms with van der Waals surface area (Å²) in [7, 11) is 1.63. The van der Waals surface area contributed by atoms with Gasteiger partial charge in [0.05, 0.1) is 13.2 Å². The van der Waals surface area contributed by atoms with Crippen LogP contribution in [0.5, 0.6) is 5.75 Å². The Morgan fingerprint density at radius 3 is 2.24 bits per heavy atom. The molecule has 2 atom stereocenters. The summed E-state index contributed by atoms with van der Waals surface area (Å²) >= 11 is 0. The zero-order valence-electron chi connectivity index (χ0n) is 10.7. The molecule has 2 unspecified atom stereocenters. The van der Waals surface area contributed by atoms with Crippen molar-refractivity contribution in [1.82, 2.24) is 0 Å². The van der Waals surface area contributed by atoms with E-state index in [0.717, 1.165) is 22.4 Å². The molecule has 0 bridgehead atoms. The third kappa shape index (κ3) is 3.19. The molecule has 4 nitrogen and oxygen atoms in total. The van der Waals surface area contributed by atoms with Gasteiger partial charge in [-0.25, -0.2) is 0 Å². The van der Waals surface area contributed by atoms with Crippen molar-refractivity contribution in [3.63, 3.8) is 0 Å². The average molecular weight is 238 g/mol. The topological polar surface area (TPSA) is 81.5 Å². The number of methoxy groups -OCH3 is 1. The number of aliphatic hydroxyl groups is 1. The van der Waals surface area contributed by atoms with Gasteiger partial charge in [-0.05, 0) is 55.6 Å². The Morgan fingerprint density at radius 1 is 1.29 bits per heavy atom. The van der Waals surface area contributed by atoms with Crippen LogP contribution in [0.2, 0.25) is 0 Å². The number of aliphatic hydroxyl groups excluding tert-OH is 1. The van der Waals surface area contributed by atoms with E-state index in [1.165, 1.54) is 0 Å². The highest BCUT2D eigenvalue weighted by Crippen LogP contribution is 2.28. The molecule has 1 rings (SSSR count). The largest absolute Gasteiger partial charge is 0.497 e. The highest BCUT2D eigenvalue weighted by Gasteiger charge is 2.20. The van der Waals surface area contributed by atoms with Crippen LogP contribution in [0, 0.1) is 13.8 Å². The molecule has 0 saturated carbocycles. The molecule has 0 aliphatic carbocycles. The number of nitrogens with two attached hydrogens (primary N) is 2. The number of hydrogen-bond donors (Lipinski definition) is 3. The number of rotatable bonds is 5. The third-order valence-electron chi connectivity index (χ3n) is 3.00. The Labute approximate surface area is 103 Å². The normalized spacial score (nSPS) is 14.5. The molecule has 0 spiro atoms. The van der Waals surface area contributed by atoms with Crippen molar-refractivity contribution >= 4 is 0 Å². The minimum absolute atomic E-state index is 0.328. The summed E-state index contributed by atoms with van der Waals surface area (Å²) in [4.78, 5) is 0. The molecule has 1 aromatic carbocycles. The van der Waals surface area contributed by atoms with E-state index < -0.39 is 6.10 Å². The van der Waals surface area contributed by atoms with Crippen LogP contribution in [-0.4, -0.2) is 24.8 Å². The van der Waals surface area contributed by atoms with E-state index in [9.17, 15) is 5.11 Å². The van der Waals surface area contributed by atoms with E-state index >= 15 is 0 Å². The van der Waals surface area contributed by atoms with Gasteiger partial charge in [-0.15, -0.1) is 0 Å². The second-order valence-electron chi connectivity index (χ2n) is 4.36. The fourth-order valence-corrected chi connectivity index (χ4v) is 2.08. The first-order chi connectivity index (χ1) is 8.01. The first-order valence-electron chi connectivity index (χ1n) is 5.80. The fraction of sp³-hybridized carbons (Fsp3) is 0.538. The Kier molecular flexibility index (Phi) is 4.93. The number of aryl methyl sites for hydroxylation is 2. The first-order valence-corrected chi connectivity index (χ1v) is 5.80. The van der Waals surface area contributed by atoms with Crippen LogP contribution in [0.15, 0.2) is 12.1 Å². The van der Waals surface area contributed by atoms with Gasteiger partial charge in [0.25, 0.3) is 0 Å². The number of hydrogen-bond acceptors (Lipinski definition) is 4. The Balaban J connectivity index is 3.05. The van der Waals surface area contributed by atoms with E-state index in [2.05, 4.69) is 0 Å². The first kappa shape index (κ1) is 14.0. The van der Waals surface area contributed by atoms with Gasteiger partial charge in [-0.2, -0.15) is 0 Å². The molecule has 0 aliphatic rings. The molecule has 0 saturated heterocycles. The van der Waals surface area contributed by atoms with Gasteiger partial charge >= 0.3 is 0 Å². The van der Waals surface area contributed by atoms with Crippen LogP contribution < -0.4 is 16.2 Å². The lowest BCUT2D eigenvalue weighted by atomic mass is 9.92. The van der Waals surface area contributed by atoms with Crippen LogP contribution in [0.4, 0.5) is 0 Å². The summed E-state index contributed by atoms with van der Waals surface area (Å²) in [6.45, 7) is 4.37. The van der Waals surface area contributed by atoms with Crippen molar-refractivity contribution in [1.29, 1.82) is 0 Å². The predicted molar refractivity (Wildman–Crippen MR) is 69.1 cm³/mol. The van der Waals surface area contributed by atoms with E-state index in [1.807, 2.05) is 26.0 Å². The quantitative estimate of drug-likeness (QED) is 0.715. The summed E-state index contributed by atoms with van der Waals surface area (Å²) in [5, 5.41) is 10.2. The third-order valence-corrected chi connectivity index (χ3v) is 3.00. The van der Waals surface area contributed by atoms with Gasteiger partial charge in [0.2, 0.25) is 0 Å². The lowest BCUT2D eigenvalue weighted by Crippen LogP contribution is -2.31. The maximum absolute atomic E-state index is 10.2. The van der Waals surface area contributed by atoms with Crippen molar-refractivity contribution in [2.75, 3.05) is 13.7 Å². The van der Waals surface area contributed by atoms with Crippen molar-refractivity contribution in [3.05, 3.63) is 28.8 Å². The van der Waals surface area contributed by atoms with E-state index in [-0.39, 0.29) is 6.04 Å². The summed E-state index contributed by atoms with van der Waals surface area (Å²) in [6.07, 6.45) is -0.0732. The summed E-state index contributed by atoms with van der Waals surface area (Å²) < 4.78 is 5.19. The molecule has 5 N–H and O–H groups in total. The molecule has 0 fully saturated rings. The molecular formula is C13H22N2O2. The van der Waals surface area contributed by atoms with Crippen LogP contribution >= 0.6 is 0 Å². The van der Waals surface area contributed by atoms with Gasteiger partial charge in [0.1, 0.15) is 5.75 Å². The van der Waals surface area contributed by atoms with Crippen LogP contribution in [-0.2, 0) is 0 Å². The van der Waals surface area contributed by atoms with Crippen LogP contribution in [0.1, 0.15) is 29.2 Å². The van der Waals surface area contributed by atoms with E-state index in [1.54, 1.807) is 7.11 Å². The smallest absolute Gasteiger partial charge is 0.119 e. The minimum atomic E-state index is -0.676. The zero-order valence-corrected chi connectivity index (χ0v) is 10.7. The Hall–Kier alpha value is -1.10. The second-order valence-corrected chi connectivity index (χ2v) is 4.36. The van der Waals surface area contributed by atoms with Crippen LogP contribution in [0.3, 0.4) is 0 Å². The standard InChI is InChI=1S/C13H22N2O2/c1-8-6-10(17-3)7-9(2)12(8)13(16)11(15)4-5-14/h6-7,11,13,16H,4-5,14-15H2,1-3H3. The minimum Gasteiger partial charge on any atom is -0.497 e. The molecule has 0 heterocycles. The highest BCUT2D eigenvalue weighted by molar-refractivity contribution is 5.42. The van der Waals surface area contributed by atoms with Crippen molar-refractivity contribution in [3.8, 4) is 5.75 Å². The van der Waals surface area contributed by atoms with E-state index in [0.29, 0.717) is 13.0 Å². The molecule has 0 radical (unpaired) electrons. The molecule has 96 valence electrons. The summed E-state index contributed by atoms with van der Waals surface area (Å²) in [5.74, 6) is 0.795. The lowest BCUT2D eigenvalue weighted by Gasteiger charge is -2.22. The van der Waals surface area contributed by atoms with Gasteiger partial charge in [0, 0.05) is 6.04 Å². The number of benzene rings is 1. The predicted octanol–water partition coefficient (Wildman–Crippen LogP) is 1.02. The molecular weight excluding hydrogens is 216 g/mol. The van der Waals surface area contributed by atoms with Crippen molar-refractivity contribution in [2.45, 2.75) is 32.4 Å². The highest BCUT2D eigenvalue weighted by atomic mass is 16.5. The molecule has 0 aromatic heterocycles. The lowest BCUT2D eigenvalue weighted by molar-refractivity contribution is 0.142. The average Bonchev–Trinajstić information content (AvgIpc) is 2.28. The monoisotopic (exact) mass is 238 g/mol. The molecule has 0 amide bonds. The van der Waals surface area contributed by atoms with Gasteiger partial charge in [-0.3, -0.25) is 0 Å². The van der Waals surface area contributed by atoms with Crippen LogP contribution in [0.25, 0.3) is 0 Å². The van der Waals surface area contributed by atoms with Crippen molar-refractivity contribution < 1.29 is 9.84 Å². The fourth-order valence-electron chi connectivity index (χ4n) is 2.08. The molecule has 4 heteroatoms. The van der Waals surface area contributed by atoms with Crippen molar-refractivity contribution in [2.24, 2.45) is 11.5 Å². The van der Waals surface area contributed by atoms with Gasteiger partial charge < -0.3 is 21.3 Å². The van der Waals surface area contributed by atoms with Gasteiger partial charge in [-0.1, -0.05) is 0 Å². The number of ether oxygens (including phenoxy) is 1. The zero-order chi connectivity index (χ0) is 13.0. The summed E-state index contributed by atoms with van der Waals surface area (Å²) in [6, 6.07) is 3.48. The maximum atomic E-state index is 10.2. The van der Waals surface area contributed by atoms with E-state index in [4.69, 9.17) is 16.2 Å². The molecule has 0 aliphatic heterocycles. The maximum Gasteiger partial charge on any atom is 0.119 e. The Morgan fingerprint density at radius 2 is 1.82 bits per heavy atom. The SMILES string of the molecule is COc1cc(C)c(C(O)C(N)CCN)c(C)c1. The Bertz CT molecular complexity index is 357. The molecule has 1 aromatic rings. The second kappa shape index (κ2) is 6.00. The molecule has 17 heavy (non-hydrogen) atoms.